The lowest BCUT2D eigenvalue weighted by atomic mass is 10.2. The number of nitrogens with zero attached hydrogens (tertiary/aromatic N) is 4. The Morgan fingerprint density at radius 1 is 1.20 bits per heavy atom. The van der Waals surface area contributed by atoms with Crippen molar-refractivity contribution >= 4 is 17.4 Å². The lowest BCUT2D eigenvalue weighted by molar-refractivity contribution is 0.0946. The fourth-order valence-electron chi connectivity index (χ4n) is 3.10. The van der Waals surface area contributed by atoms with Gasteiger partial charge < -0.3 is 10.2 Å². The Morgan fingerprint density at radius 2 is 2.04 bits per heavy atom. The Hall–Kier alpha value is -2.96. The first-order valence-corrected chi connectivity index (χ1v) is 8.33. The lowest BCUT2D eigenvalue weighted by Gasteiger charge is -2.19. The number of nitrogens with one attached hydrogen (secondary N) is 1. The molecule has 0 unspecified atom stereocenters. The van der Waals surface area contributed by atoms with Crippen LogP contribution in [0.15, 0.2) is 42.6 Å². The van der Waals surface area contributed by atoms with Crippen LogP contribution < -0.4 is 10.2 Å². The molecule has 0 atom stereocenters. The second kappa shape index (κ2) is 6.51. The maximum atomic E-state index is 13.2. The van der Waals surface area contributed by atoms with Crippen LogP contribution in [0.3, 0.4) is 0 Å². The molecule has 1 amide bonds. The second-order valence-corrected chi connectivity index (χ2v) is 6.11. The van der Waals surface area contributed by atoms with Gasteiger partial charge in [0.2, 0.25) is 0 Å². The number of carbonyl (C=O) groups excluding carboxylic acids is 1. The predicted octanol–water partition coefficient (Wildman–Crippen LogP) is 2.40. The molecule has 2 aromatic heterocycles. The Balaban J connectivity index is 1.58. The first-order valence-electron chi connectivity index (χ1n) is 8.33. The molecule has 3 heterocycles. The molecule has 128 valence electrons. The molecule has 0 radical (unpaired) electrons. The number of amides is 1. The summed E-state index contributed by atoms with van der Waals surface area (Å²) in [5, 5.41) is 7.11. The smallest absolute Gasteiger partial charge is 0.270 e. The van der Waals surface area contributed by atoms with E-state index in [0.29, 0.717) is 16.9 Å². The minimum atomic E-state index is -0.318. The van der Waals surface area contributed by atoms with E-state index in [1.807, 2.05) is 0 Å². The van der Waals surface area contributed by atoms with E-state index in [4.69, 9.17) is 0 Å². The number of carbonyl (C=O) groups is 1. The van der Waals surface area contributed by atoms with E-state index in [0.717, 1.165) is 31.7 Å². The van der Waals surface area contributed by atoms with Crippen LogP contribution in [0.5, 0.6) is 0 Å². The number of hydrogen-bond donors (Lipinski definition) is 1. The van der Waals surface area contributed by atoms with Crippen molar-refractivity contribution in [3.8, 4) is 0 Å². The van der Waals surface area contributed by atoms with Crippen molar-refractivity contribution in [1.82, 2.24) is 19.9 Å². The van der Waals surface area contributed by atoms with Gasteiger partial charge in [-0.05, 0) is 30.5 Å². The maximum absolute atomic E-state index is 13.2. The van der Waals surface area contributed by atoms with E-state index < -0.39 is 0 Å². The summed E-state index contributed by atoms with van der Waals surface area (Å²) in [5.41, 5.74) is 1.69. The largest absolute Gasteiger partial charge is 0.356 e. The maximum Gasteiger partial charge on any atom is 0.270 e. The van der Waals surface area contributed by atoms with Gasteiger partial charge in [0, 0.05) is 31.8 Å². The Labute approximate surface area is 144 Å². The third-order valence-corrected chi connectivity index (χ3v) is 4.35. The standard InChI is InChI=1S/C18H18FN5O/c19-14-5-3-4-13(10-14)12-20-18(25)15-11-17(23-8-1-2-9-23)24-16(22-15)6-7-21-24/h3-7,10-11H,1-2,8-9,12H2,(H,20,25). The van der Waals surface area contributed by atoms with Crippen LogP contribution in [-0.4, -0.2) is 33.6 Å². The number of benzene rings is 1. The molecular weight excluding hydrogens is 321 g/mol. The lowest BCUT2D eigenvalue weighted by Crippen LogP contribution is -2.26. The van der Waals surface area contributed by atoms with Crippen molar-refractivity contribution in [1.29, 1.82) is 0 Å². The number of rotatable bonds is 4. The monoisotopic (exact) mass is 339 g/mol. The fourth-order valence-corrected chi connectivity index (χ4v) is 3.10. The Kier molecular flexibility index (Phi) is 4.05. The molecule has 7 heteroatoms. The molecule has 4 rings (SSSR count). The third kappa shape index (κ3) is 3.17. The van der Waals surface area contributed by atoms with Crippen molar-refractivity contribution < 1.29 is 9.18 Å². The van der Waals surface area contributed by atoms with E-state index in [-0.39, 0.29) is 18.3 Å². The number of halogens is 1. The molecule has 1 fully saturated rings. The average Bonchev–Trinajstić information content (AvgIpc) is 3.30. The zero-order chi connectivity index (χ0) is 17.2. The molecule has 0 bridgehead atoms. The van der Waals surface area contributed by atoms with Gasteiger partial charge in [0.25, 0.3) is 5.91 Å². The molecule has 1 saturated heterocycles. The number of hydrogen-bond acceptors (Lipinski definition) is 4. The van der Waals surface area contributed by atoms with Crippen LogP contribution in [-0.2, 0) is 6.54 Å². The highest BCUT2D eigenvalue weighted by atomic mass is 19.1. The summed E-state index contributed by atoms with van der Waals surface area (Å²) in [7, 11) is 0. The van der Waals surface area contributed by atoms with Gasteiger partial charge in [-0.25, -0.2) is 9.37 Å². The van der Waals surface area contributed by atoms with Crippen molar-refractivity contribution in [2.45, 2.75) is 19.4 Å². The number of anilines is 1. The van der Waals surface area contributed by atoms with Gasteiger partial charge in [-0.2, -0.15) is 9.61 Å². The molecule has 1 aliphatic rings. The average molecular weight is 339 g/mol. The summed E-state index contributed by atoms with van der Waals surface area (Å²) >= 11 is 0. The quantitative estimate of drug-likeness (QED) is 0.793. The van der Waals surface area contributed by atoms with Crippen molar-refractivity contribution in [3.05, 3.63) is 59.7 Å². The first kappa shape index (κ1) is 15.6. The van der Waals surface area contributed by atoms with Crippen LogP contribution in [0.25, 0.3) is 5.65 Å². The van der Waals surface area contributed by atoms with E-state index in [2.05, 4.69) is 20.3 Å². The Bertz CT molecular complexity index is 917. The van der Waals surface area contributed by atoms with E-state index in [1.165, 1.54) is 12.1 Å². The van der Waals surface area contributed by atoms with Gasteiger partial charge in [-0.15, -0.1) is 0 Å². The van der Waals surface area contributed by atoms with Gasteiger partial charge in [0.05, 0.1) is 6.20 Å². The van der Waals surface area contributed by atoms with Gasteiger partial charge in [0.1, 0.15) is 17.3 Å². The van der Waals surface area contributed by atoms with Crippen molar-refractivity contribution in [2.75, 3.05) is 18.0 Å². The summed E-state index contributed by atoms with van der Waals surface area (Å²) in [4.78, 5) is 19.1. The summed E-state index contributed by atoms with van der Waals surface area (Å²) in [5.74, 6) is 0.277. The highest BCUT2D eigenvalue weighted by Gasteiger charge is 2.19. The minimum absolute atomic E-state index is 0.252. The van der Waals surface area contributed by atoms with Crippen molar-refractivity contribution in [3.63, 3.8) is 0 Å². The van der Waals surface area contributed by atoms with Gasteiger partial charge >= 0.3 is 0 Å². The second-order valence-electron chi connectivity index (χ2n) is 6.11. The molecule has 0 saturated carbocycles. The van der Waals surface area contributed by atoms with Crippen LogP contribution >= 0.6 is 0 Å². The molecule has 3 aromatic rings. The summed E-state index contributed by atoms with van der Waals surface area (Å²) in [6, 6.07) is 9.73. The molecule has 1 aromatic carbocycles. The van der Waals surface area contributed by atoms with Crippen LogP contribution in [0.2, 0.25) is 0 Å². The van der Waals surface area contributed by atoms with E-state index >= 15 is 0 Å². The predicted molar refractivity (Wildman–Crippen MR) is 92.0 cm³/mol. The third-order valence-electron chi connectivity index (χ3n) is 4.35. The van der Waals surface area contributed by atoms with Crippen molar-refractivity contribution in [2.24, 2.45) is 0 Å². The summed E-state index contributed by atoms with van der Waals surface area (Å²) in [6.45, 7) is 2.15. The number of aromatic nitrogens is 3. The van der Waals surface area contributed by atoms with Crippen LogP contribution in [0, 0.1) is 5.82 Å². The van der Waals surface area contributed by atoms with Crippen LogP contribution in [0.1, 0.15) is 28.9 Å². The topological polar surface area (TPSA) is 62.5 Å². The SMILES string of the molecule is O=C(NCc1cccc(F)c1)c1cc(N2CCCC2)n2nccc2n1. The normalized spacial score (nSPS) is 14.2. The molecule has 0 aliphatic carbocycles. The van der Waals surface area contributed by atoms with Gasteiger partial charge in [-0.1, -0.05) is 12.1 Å². The molecular formula is C18H18FN5O. The van der Waals surface area contributed by atoms with Gasteiger partial charge in [-0.3, -0.25) is 4.79 Å². The zero-order valence-corrected chi connectivity index (χ0v) is 13.7. The molecule has 1 N–H and O–H groups in total. The first-order chi connectivity index (χ1) is 12.2. The zero-order valence-electron chi connectivity index (χ0n) is 13.7. The fraction of sp³-hybridized carbons (Fsp3) is 0.278. The van der Waals surface area contributed by atoms with E-state index in [9.17, 15) is 9.18 Å². The van der Waals surface area contributed by atoms with Crippen LogP contribution in [0.4, 0.5) is 10.2 Å². The summed E-state index contributed by atoms with van der Waals surface area (Å²) < 4.78 is 15.0. The number of fused-ring (bicyclic) bond motifs is 1. The molecule has 0 spiro atoms. The highest BCUT2D eigenvalue weighted by molar-refractivity contribution is 5.93. The highest BCUT2D eigenvalue weighted by Crippen LogP contribution is 2.21. The Morgan fingerprint density at radius 3 is 2.84 bits per heavy atom. The van der Waals surface area contributed by atoms with Gasteiger partial charge in [0.15, 0.2) is 5.65 Å². The molecule has 6 nitrogen and oxygen atoms in total. The van der Waals surface area contributed by atoms with E-state index in [1.54, 1.807) is 35.0 Å². The summed E-state index contributed by atoms with van der Waals surface area (Å²) in [6.07, 6.45) is 3.94. The molecule has 1 aliphatic heterocycles. The minimum Gasteiger partial charge on any atom is -0.356 e. The molecule has 25 heavy (non-hydrogen) atoms.